The van der Waals surface area contributed by atoms with Crippen molar-refractivity contribution in [3.05, 3.63) is 71.2 Å². The number of pyridine rings is 1. The predicted octanol–water partition coefficient (Wildman–Crippen LogP) is 5.88. The third-order valence-corrected chi connectivity index (χ3v) is 6.36. The van der Waals surface area contributed by atoms with E-state index in [0.717, 1.165) is 18.9 Å². The maximum atomic E-state index is 13.5. The van der Waals surface area contributed by atoms with Gasteiger partial charge in [-0.2, -0.15) is 13.2 Å². The lowest BCUT2D eigenvalue weighted by molar-refractivity contribution is -0.140. The molecule has 0 bridgehead atoms. The SMILES string of the molecule is Cc1cc(C(=O)NC2CCC(N(C)c3cc(C(F)(F)F)nc4ccccc34)CC2)ccc1F. The molecular formula is C25H25F4N3O. The zero-order valence-electron chi connectivity index (χ0n) is 18.4. The number of nitrogens with zero attached hydrogens (tertiary/aromatic N) is 2. The summed E-state index contributed by atoms with van der Waals surface area (Å²) in [6, 6.07) is 12.2. The number of halogens is 4. The maximum Gasteiger partial charge on any atom is 0.433 e. The Kier molecular flexibility index (Phi) is 6.28. The largest absolute Gasteiger partial charge is 0.433 e. The number of rotatable bonds is 4. The Labute approximate surface area is 189 Å². The van der Waals surface area contributed by atoms with Gasteiger partial charge < -0.3 is 10.2 Å². The average Bonchev–Trinajstić information content (AvgIpc) is 2.79. The predicted molar refractivity (Wildman–Crippen MR) is 120 cm³/mol. The first-order chi connectivity index (χ1) is 15.6. The fraction of sp³-hybridized carbons (Fsp3) is 0.360. The first-order valence-corrected chi connectivity index (χ1v) is 10.9. The van der Waals surface area contributed by atoms with Crippen molar-refractivity contribution in [2.45, 2.75) is 50.9 Å². The minimum atomic E-state index is -4.53. The highest BCUT2D eigenvalue weighted by molar-refractivity contribution is 5.94. The molecule has 8 heteroatoms. The van der Waals surface area contributed by atoms with Crippen LogP contribution in [0.2, 0.25) is 0 Å². The molecule has 1 amide bonds. The lowest BCUT2D eigenvalue weighted by atomic mass is 9.89. The van der Waals surface area contributed by atoms with E-state index in [2.05, 4.69) is 10.3 Å². The molecule has 1 heterocycles. The van der Waals surface area contributed by atoms with Gasteiger partial charge in [0.2, 0.25) is 0 Å². The molecule has 1 saturated carbocycles. The van der Waals surface area contributed by atoms with Crippen molar-refractivity contribution >= 4 is 22.5 Å². The molecule has 1 aliphatic carbocycles. The summed E-state index contributed by atoms with van der Waals surface area (Å²) in [4.78, 5) is 18.2. The average molecular weight is 459 g/mol. The molecule has 33 heavy (non-hydrogen) atoms. The van der Waals surface area contributed by atoms with Crippen LogP contribution in [0.3, 0.4) is 0 Å². The maximum absolute atomic E-state index is 13.5. The number of carbonyl (C=O) groups excluding carboxylic acids is 1. The third-order valence-electron chi connectivity index (χ3n) is 6.36. The van der Waals surface area contributed by atoms with E-state index in [-0.39, 0.29) is 23.8 Å². The van der Waals surface area contributed by atoms with Gasteiger partial charge in [0.25, 0.3) is 5.91 Å². The molecule has 4 rings (SSSR count). The summed E-state index contributed by atoms with van der Waals surface area (Å²) in [7, 11) is 1.81. The monoisotopic (exact) mass is 459 g/mol. The number of benzene rings is 2. The summed E-state index contributed by atoms with van der Waals surface area (Å²) in [6.07, 6.45) is -1.67. The van der Waals surface area contributed by atoms with Crippen LogP contribution in [-0.4, -0.2) is 30.0 Å². The number of amides is 1. The van der Waals surface area contributed by atoms with Crippen molar-refractivity contribution in [1.29, 1.82) is 0 Å². The van der Waals surface area contributed by atoms with E-state index >= 15 is 0 Å². The topological polar surface area (TPSA) is 45.2 Å². The van der Waals surface area contributed by atoms with Gasteiger partial charge in [0.15, 0.2) is 0 Å². The van der Waals surface area contributed by atoms with E-state index in [1.54, 1.807) is 31.2 Å². The standard InChI is InChI=1S/C25H25F4N3O/c1-15-13-16(7-12-20(15)26)24(33)30-17-8-10-18(11-9-17)32(2)22-14-23(25(27,28)29)31-21-6-4-3-5-19(21)22/h3-7,12-14,17-18H,8-11H2,1-2H3,(H,30,33). The molecule has 1 fully saturated rings. The van der Waals surface area contributed by atoms with Gasteiger partial charge in [0.1, 0.15) is 11.5 Å². The van der Waals surface area contributed by atoms with Gasteiger partial charge >= 0.3 is 6.18 Å². The van der Waals surface area contributed by atoms with Crippen LogP contribution in [0.1, 0.15) is 47.3 Å². The quantitative estimate of drug-likeness (QED) is 0.496. The van der Waals surface area contributed by atoms with Gasteiger partial charge in [-0.1, -0.05) is 18.2 Å². The molecular weight excluding hydrogens is 434 g/mol. The number of aromatic nitrogens is 1. The number of fused-ring (bicyclic) bond motifs is 1. The molecule has 3 aromatic rings. The Morgan fingerprint density at radius 2 is 1.76 bits per heavy atom. The molecule has 0 saturated heterocycles. The molecule has 174 valence electrons. The van der Waals surface area contributed by atoms with Crippen LogP contribution >= 0.6 is 0 Å². The Bertz CT molecular complexity index is 1170. The summed E-state index contributed by atoms with van der Waals surface area (Å²) in [5, 5.41) is 3.68. The van der Waals surface area contributed by atoms with Gasteiger partial charge in [-0.25, -0.2) is 9.37 Å². The van der Waals surface area contributed by atoms with Crippen LogP contribution in [0.25, 0.3) is 10.9 Å². The number of nitrogens with one attached hydrogen (secondary N) is 1. The van der Waals surface area contributed by atoms with Gasteiger partial charge in [0.05, 0.1) is 5.52 Å². The van der Waals surface area contributed by atoms with Crippen LogP contribution in [0.4, 0.5) is 23.2 Å². The zero-order valence-corrected chi connectivity index (χ0v) is 18.4. The second kappa shape index (κ2) is 9.00. The van der Waals surface area contributed by atoms with Crippen LogP contribution in [0.5, 0.6) is 0 Å². The molecule has 4 nitrogen and oxygen atoms in total. The van der Waals surface area contributed by atoms with Gasteiger partial charge in [-0.15, -0.1) is 0 Å². The summed E-state index contributed by atoms with van der Waals surface area (Å²) < 4.78 is 53.7. The molecule has 2 aromatic carbocycles. The number of hydrogen-bond acceptors (Lipinski definition) is 3. The molecule has 0 aliphatic heterocycles. The Morgan fingerprint density at radius 1 is 1.06 bits per heavy atom. The van der Waals surface area contributed by atoms with Crippen molar-refractivity contribution < 1.29 is 22.4 Å². The highest BCUT2D eigenvalue weighted by Crippen LogP contribution is 2.36. The summed E-state index contributed by atoms with van der Waals surface area (Å²) in [5.74, 6) is -0.600. The Balaban J connectivity index is 1.46. The third kappa shape index (κ3) is 4.94. The molecule has 0 atom stereocenters. The van der Waals surface area contributed by atoms with Crippen molar-refractivity contribution in [3.8, 4) is 0 Å². The van der Waals surface area contributed by atoms with Gasteiger partial charge in [-0.05, 0) is 68.5 Å². The number of anilines is 1. The van der Waals surface area contributed by atoms with Crippen LogP contribution < -0.4 is 10.2 Å². The van der Waals surface area contributed by atoms with Gasteiger partial charge in [-0.3, -0.25) is 4.79 Å². The highest BCUT2D eigenvalue weighted by atomic mass is 19.4. The fourth-order valence-electron chi connectivity index (χ4n) is 4.45. The van der Waals surface area contributed by atoms with E-state index < -0.39 is 11.9 Å². The second-order valence-corrected chi connectivity index (χ2v) is 8.60. The van der Waals surface area contributed by atoms with Crippen molar-refractivity contribution in [1.82, 2.24) is 10.3 Å². The minimum absolute atomic E-state index is 0.0348. The van der Waals surface area contributed by atoms with Crippen molar-refractivity contribution in [2.24, 2.45) is 0 Å². The molecule has 1 aliphatic rings. The van der Waals surface area contributed by atoms with E-state index in [1.807, 2.05) is 11.9 Å². The van der Waals surface area contributed by atoms with Crippen molar-refractivity contribution in [3.63, 3.8) is 0 Å². The van der Waals surface area contributed by atoms with Crippen LogP contribution in [-0.2, 0) is 6.18 Å². The van der Waals surface area contributed by atoms with E-state index in [0.29, 0.717) is 40.6 Å². The molecule has 1 aromatic heterocycles. The van der Waals surface area contributed by atoms with E-state index in [4.69, 9.17) is 0 Å². The smallest absolute Gasteiger partial charge is 0.371 e. The number of carbonyl (C=O) groups is 1. The minimum Gasteiger partial charge on any atom is -0.371 e. The van der Waals surface area contributed by atoms with Crippen LogP contribution in [0.15, 0.2) is 48.5 Å². The second-order valence-electron chi connectivity index (χ2n) is 8.60. The lowest BCUT2D eigenvalue weighted by Crippen LogP contribution is -2.43. The number of hydrogen-bond donors (Lipinski definition) is 1. The zero-order chi connectivity index (χ0) is 23.8. The number of alkyl halides is 3. The normalized spacial score (nSPS) is 18.8. The molecule has 1 N–H and O–H groups in total. The first-order valence-electron chi connectivity index (χ1n) is 10.9. The Hall–Kier alpha value is -3.16. The molecule has 0 unspecified atom stereocenters. The first kappa shape index (κ1) is 23.0. The van der Waals surface area contributed by atoms with Gasteiger partial charge in [0, 0.05) is 35.8 Å². The summed E-state index contributed by atoms with van der Waals surface area (Å²) in [6.45, 7) is 1.61. The van der Waals surface area contributed by atoms with E-state index in [9.17, 15) is 22.4 Å². The fourth-order valence-corrected chi connectivity index (χ4v) is 4.45. The summed E-state index contributed by atoms with van der Waals surface area (Å²) >= 11 is 0. The van der Waals surface area contributed by atoms with E-state index in [1.165, 1.54) is 18.2 Å². The Morgan fingerprint density at radius 3 is 2.42 bits per heavy atom. The summed E-state index contributed by atoms with van der Waals surface area (Å²) in [5.41, 5.74) is 0.734. The van der Waals surface area contributed by atoms with Crippen LogP contribution in [0, 0.1) is 12.7 Å². The number of aryl methyl sites for hydroxylation is 1. The highest BCUT2D eigenvalue weighted by Gasteiger charge is 2.34. The molecule has 0 radical (unpaired) electrons. The molecule has 0 spiro atoms. The van der Waals surface area contributed by atoms with Crippen molar-refractivity contribution in [2.75, 3.05) is 11.9 Å². The lowest BCUT2D eigenvalue weighted by Gasteiger charge is -2.37. The number of para-hydroxylation sites is 1.